The molecule has 0 radical (unpaired) electrons. The van der Waals surface area contributed by atoms with Crippen molar-refractivity contribution in [3.63, 3.8) is 0 Å². The minimum Gasteiger partial charge on any atom is -0.349 e. The van der Waals surface area contributed by atoms with Crippen molar-refractivity contribution in [1.82, 2.24) is 20.2 Å². The number of hydrogen-bond donors (Lipinski definition) is 2. The van der Waals surface area contributed by atoms with Crippen LogP contribution < -0.4 is 11.2 Å². The maximum absolute atomic E-state index is 12.2. The molecule has 6 nitrogen and oxygen atoms in total. The third-order valence-electron chi connectivity index (χ3n) is 4.08. The molecule has 0 aliphatic carbocycles. The summed E-state index contributed by atoms with van der Waals surface area (Å²) in [6, 6.07) is 6.19. The number of hydrogen-bond acceptors (Lipinski definition) is 5. The van der Waals surface area contributed by atoms with Gasteiger partial charge in [-0.3, -0.25) is 4.79 Å². The lowest BCUT2D eigenvalue weighted by molar-refractivity contribution is -0.119. The normalized spacial score (nSPS) is 12.9. The fourth-order valence-corrected chi connectivity index (χ4v) is 3.09. The van der Waals surface area contributed by atoms with Gasteiger partial charge in [0.15, 0.2) is 5.82 Å². The van der Waals surface area contributed by atoms with Crippen molar-refractivity contribution in [3.8, 4) is 0 Å². The van der Waals surface area contributed by atoms with Gasteiger partial charge in [-0.05, 0) is 37.5 Å². The van der Waals surface area contributed by atoms with Gasteiger partial charge in [0, 0.05) is 5.41 Å². The van der Waals surface area contributed by atoms with E-state index in [1.165, 1.54) is 27.6 Å². The van der Waals surface area contributed by atoms with Crippen molar-refractivity contribution in [1.29, 1.82) is 0 Å². The van der Waals surface area contributed by atoms with Crippen LogP contribution in [0.4, 0.5) is 0 Å². The number of carbonyl (C=O) groups excluding carboxylic acids is 1. The molecule has 1 aromatic heterocycles. The Hall–Kier alpha value is -2.02. The van der Waals surface area contributed by atoms with E-state index in [-0.39, 0.29) is 23.1 Å². The zero-order valence-electron chi connectivity index (χ0n) is 15.8. The highest BCUT2D eigenvalue weighted by Gasteiger charge is 2.23. The summed E-state index contributed by atoms with van der Waals surface area (Å²) in [4.78, 5) is 12.2. The summed E-state index contributed by atoms with van der Waals surface area (Å²) < 4.78 is 1.46. The SMILES string of the molecule is Cc1ccc(C(C)NC(=O)CSc2nnc(C(C)(C)C)n2N)cc1C. The molecule has 2 rings (SSSR count). The Morgan fingerprint density at radius 3 is 2.52 bits per heavy atom. The van der Waals surface area contributed by atoms with E-state index in [9.17, 15) is 4.79 Å². The number of benzene rings is 1. The van der Waals surface area contributed by atoms with Crippen LogP contribution in [-0.2, 0) is 10.2 Å². The Morgan fingerprint density at radius 2 is 1.96 bits per heavy atom. The molecule has 1 atom stereocenters. The van der Waals surface area contributed by atoms with Crippen LogP contribution in [0.1, 0.15) is 56.3 Å². The Bertz CT molecular complexity index is 763. The first-order valence-electron chi connectivity index (χ1n) is 8.30. The van der Waals surface area contributed by atoms with Gasteiger partial charge in [-0.25, -0.2) is 4.68 Å². The second-order valence-corrected chi connectivity index (χ2v) is 8.29. The predicted octanol–water partition coefficient (Wildman–Crippen LogP) is 2.88. The largest absolute Gasteiger partial charge is 0.349 e. The lowest BCUT2D eigenvalue weighted by atomic mass is 9.96. The maximum Gasteiger partial charge on any atom is 0.230 e. The minimum atomic E-state index is -0.194. The van der Waals surface area contributed by atoms with Crippen LogP contribution in [0.5, 0.6) is 0 Å². The molecule has 25 heavy (non-hydrogen) atoms. The Balaban J connectivity index is 1.94. The van der Waals surface area contributed by atoms with Crippen LogP contribution in [0.3, 0.4) is 0 Å². The Kier molecular flexibility index (Phi) is 5.77. The van der Waals surface area contributed by atoms with Crippen molar-refractivity contribution in [3.05, 3.63) is 40.7 Å². The number of aryl methyl sites for hydroxylation is 2. The quantitative estimate of drug-likeness (QED) is 0.632. The molecule has 136 valence electrons. The second-order valence-electron chi connectivity index (χ2n) is 7.35. The van der Waals surface area contributed by atoms with E-state index < -0.39 is 0 Å². The fraction of sp³-hybridized carbons (Fsp3) is 0.500. The monoisotopic (exact) mass is 361 g/mol. The average Bonchev–Trinajstić information content (AvgIpc) is 2.89. The first-order valence-corrected chi connectivity index (χ1v) is 9.28. The second kappa shape index (κ2) is 7.47. The summed E-state index contributed by atoms with van der Waals surface area (Å²) in [5.74, 6) is 6.92. The van der Waals surface area contributed by atoms with Gasteiger partial charge in [-0.1, -0.05) is 50.7 Å². The molecule has 0 saturated heterocycles. The summed E-state index contributed by atoms with van der Waals surface area (Å²) >= 11 is 1.29. The van der Waals surface area contributed by atoms with Crippen molar-refractivity contribution in [2.45, 2.75) is 58.2 Å². The van der Waals surface area contributed by atoms with E-state index in [2.05, 4.69) is 41.5 Å². The number of aromatic nitrogens is 3. The average molecular weight is 362 g/mol. The molecule has 0 aliphatic heterocycles. The predicted molar refractivity (Wildman–Crippen MR) is 102 cm³/mol. The Labute approximate surface area is 153 Å². The van der Waals surface area contributed by atoms with Crippen LogP contribution in [0.2, 0.25) is 0 Å². The van der Waals surface area contributed by atoms with Gasteiger partial charge in [0.05, 0.1) is 11.8 Å². The summed E-state index contributed by atoms with van der Waals surface area (Å²) in [7, 11) is 0. The number of nitrogen functional groups attached to an aromatic ring is 1. The van der Waals surface area contributed by atoms with Crippen LogP contribution in [0.15, 0.2) is 23.4 Å². The van der Waals surface area contributed by atoms with E-state index in [4.69, 9.17) is 5.84 Å². The maximum atomic E-state index is 12.2. The summed E-state index contributed by atoms with van der Waals surface area (Å²) in [6.45, 7) is 12.2. The molecule has 3 N–H and O–H groups in total. The molecule has 0 bridgehead atoms. The van der Waals surface area contributed by atoms with Gasteiger partial charge >= 0.3 is 0 Å². The number of nitrogens with zero attached hydrogens (tertiary/aromatic N) is 3. The van der Waals surface area contributed by atoms with Crippen molar-refractivity contribution >= 4 is 17.7 Å². The first kappa shape index (κ1) is 19.3. The van der Waals surface area contributed by atoms with E-state index in [1.807, 2.05) is 33.8 Å². The molecule has 0 aliphatic rings. The van der Waals surface area contributed by atoms with Gasteiger partial charge in [0.2, 0.25) is 11.1 Å². The van der Waals surface area contributed by atoms with Crippen molar-refractivity contribution in [2.75, 3.05) is 11.6 Å². The number of rotatable bonds is 5. The zero-order chi connectivity index (χ0) is 18.8. The van der Waals surface area contributed by atoms with Crippen LogP contribution in [-0.4, -0.2) is 26.5 Å². The van der Waals surface area contributed by atoms with Gasteiger partial charge in [-0.2, -0.15) is 0 Å². The number of carbonyl (C=O) groups is 1. The first-order chi connectivity index (χ1) is 11.6. The van der Waals surface area contributed by atoms with Gasteiger partial charge in [0.1, 0.15) is 0 Å². The zero-order valence-corrected chi connectivity index (χ0v) is 16.6. The number of nitrogens with one attached hydrogen (secondary N) is 1. The van der Waals surface area contributed by atoms with Gasteiger partial charge in [-0.15, -0.1) is 10.2 Å². The molecule has 1 aromatic carbocycles. The lowest BCUT2D eigenvalue weighted by Crippen LogP contribution is -2.28. The van der Waals surface area contributed by atoms with Crippen LogP contribution in [0, 0.1) is 13.8 Å². The van der Waals surface area contributed by atoms with E-state index in [0.29, 0.717) is 11.0 Å². The van der Waals surface area contributed by atoms with E-state index >= 15 is 0 Å². The number of amides is 1. The lowest BCUT2D eigenvalue weighted by Gasteiger charge is -2.17. The molecular formula is C18H27N5OS. The molecule has 1 heterocycles. The fourth-order valence-electron chi connectivity index (χ4n) is 2.42. The highest BCUT2D eigenvalue weighted by atomic mass is 32.2. The standard InChI is InChI=1S/C18H27N5OS/c1-11-7-8-14(9-12(11)2)13(3)20-15(24)10-25-17-22-21-16(23(17)19)18(4,5)6/h7-9,13H,10,19H2,1-6H3,(H,20,24). The topological polar surface area (TPSA) is 85.8 Å². The molecule has 0 saturated carbocycles. The van der Waals surface area contributed by atoms with Gasteiger partial charge in [0.25, 0.3) is 0 Å². The summed E-state index contributed by atoms with van der Waals surface area (Å²) in [6.07, 6.45) is 0. The molecule has 0 spiro atoms. The van der Waals surface area contributed by atoms with E-state index in [1.54, 1.807) is 0 Å². The third-order valence-corrected chi connectivity index (χ3v) is 5.02. The molecule has 1 unspecified atom stereocenters. The van der Waals surface area contributed by atoms with Crippen LogP contribution >= 0.6 is 11.8 Å². The molecular weight excluding hydrogens is 334 g/mol. The Morgan fingerprint density at radius 1 is 1.28 bits per heavy atom. The summed E-state index contributed by atoms with van der Waals surface area (Å²) in [5, 5.41) is 11.8. The highest BCUT2D eigenvalue weighted by Crippen LogP contribution is 2.23. The van der Waals surface area contributed by atoms with E-state index in [0.717, 1.165) is 5.56 Å². The molecule has 0 fully saturated rings. The molecule has 7 heteroatoms. The minimum absolute atomic E-state index is 0.0479. The van der Waals surface area contributed by atoms with Gasteiger partial charge < -0.3 is 11.2 Å². The smallest absolute Gasteiger partial charge is 0.230 e. The number of thioether (sulfide) groups is 1. The highest BCUT2D eigenvalue weighted by molar-refractivity contribution is 7.99. The van der Waals surface area contributed by atoms with Crippen molar-refractivity contribution in [2.24, 2.45) is 0 Å². The number of nitrogens with two attached hydrogens (primary N) is 1. The molecule has 2 aromatic rings. The van der Waals surface area contributed by atoms with Crippen LogP contribution in [0.25, 0.3) is 0 Å². The third kappa shape index (κ3) is 4.75. The van der Waals surface area contributed by atoms with Crippen molar-refractivity contribution < 1.29 is 4.79 Å². The summed E-state index contributed by atoms with van der Waals surface area (Å²) in [5.41, 5.74) is 3.37. The molecule has 1 amide bonds.